The van der Waals surface area contributed by atoms with Crippen molar-refractivity contribution in [2.24, 2.45) is 5.73 Å². The first-order chi connectivity index (χ1) is 16.3. The highest BCUT2D eigenvalue weighted by Crippen LogP contribution is 2.28. The van der Waals surface area contributed by atoms with E-state index in [2.05, 4.69) is 18.3 Å². The van der Waals surface area contributed by atoms with Crippen LogP contribution in [0.25, 0.3) is 10.9 Å². The molecule has 0 aliphatic heterocycles. The van der Waals surface area contributed by atoms with Crippen LogP contribution in [-0.2, 0) is 13.0 Å². The Hall–Kier alpha value is -3.10. The maximum Gasteiger partial charge on any atom is 0.250 e. The van der Waals surface area contributed by atoms with E-state index >= 15 is 0 Å². The Bertz CT molecular complexity index is 1130. The van der Waals surface area contributed by atoms with Crippen molar-refractivity contribution >= 4 is 16.8 Å². The summed E-state index contributed by atoms with van der Waals surface area (Å²) < 4.78 is 26.7. The zero-order chi connectivity index (χ0) is 24.7. The van der Waals surface area contributed by atoms with Gasteiger partial charge in [-0.25, -0.2) is 4.39 Å². The molecule has 0 saturated heterocycles. The van der Waals surface area contributed by atoms with Crippen molar-refractivity contribution in [3.05, 3.63) is 59.0 Å². The summed E-state index contributed by atoms with van der Waals surface area (Å²) in [6.45, 7) is 8.02. The number of amides is 1. The van der Waals surface area contributed by atoms with Crippen LogP contribution in [-0.4, -0.2) is 48.0 Å². The molecular weight excluding hydrogens is 437 g/mol. The number of aliphatic hydroxyl groups excluding tert-OH is 1. The van der Waals surface area contributed by atoms with Crippen molar-refractivity contribution in [1.29, 1.82) is 0 Å². The largest absolute Gasteiger partial charge is 0.490 e. The van der Waals surface area contributed by atoms with Gasteiger partial charge in [0.15, 0.2) is 11.5 Å². The number of fused-ring (bicyclic) bond motifs is 1. The predicted molar refractivity (Wildman–Crippen MR) is 131 cm³/mol. The summed E-state index contributed by atoms with van der Waals surface area (Å²) in [7, 11) is 0. The van der Waals surface area contributed by atoms with Crippen LogP contribution in [0.4, 0.5) is 4.39 Å². The number of halogens is 1. The van der Waals surface area contributed by atoms with Gasteiger partial charge in [-0.15, -0.1) is 0 Å². The standard InChI is InChI=1S/C26H34FN3O4/c1-4-33-24-16-21(27)6-7-23(24)34-11-8-29-17(2)12-19-14-20-13-18(3)30(9-5-10-31)25(20)22(15-19)26(28)32/h6-7,13-17,29,31H,4-5,8-12H2,1-3H3,(H2,28,32). The van der Waals surface area contributed by atoms with Gasteiger partial charge < -0.3 is 30.2 Å². The Balaban J connectivity index is 1.63. The van der Waals surface area contributed by atoms with Gasteiger partial charge in [-0.3, -0.25) is 4.79 Å². The molecule has 0 spiro atoms. The number of nitrogens with two attached hydrogens (primary N) is 1. The van der Waals surface area contributed by atoms with Crippen molar-refractivity contribution in [2.45, 2.75) is 46.2 Å². The van der Waals surface area contributed by atoms with Crippen LogP contribution < -0.4 is 20.5 Å². The minimum atomic E-state index is -0.464. The van der Waals surface area contributed by atoms with Crippen molar-refractivity contribution < 1.29 is 23.8 Å². The van der Waals surface area contributed by atoms with Gasteiger partial charge in [0, 0.05) is 42.9 Å². The molecule has 0 aliphatic carbocycles. The third-order valence-electron chi connectivity index (χ3n) is 5.66. The van der Waals surface area contributed by atoms with Crippen molar-refractivity contribution in [3.8, 4) is 11.5 Å². The minimum absolute atomic E-state index is 0.0874. The van der Waals surface area contributed by atoms with Crippen LogP contribution in [0.5, 0.6) is 11.5 Å². The maximum absolute atomic E-state index is 13.4. The quantitative estimate of drug-likeness (QED) is 0.331. The zero-order valence-corrected chi connectivity index (χ0v) is 20.1. The van der Waals surface area contributed by atoms with Gasteiger partial charge in [-0.2, -0.15) is 0 Å². The molecule has 34 heavy (non-hydrogen) atoms. The van der Waals surface area contributed by atoms with Gasteiger partial charge in [0.1, 0.15) is 12.4 Å². The lowest BCUT2D eigenvalue weighted by Crippen LogP contribution is -2.32. The molecule has 4 N–H and O–H groups in total. The number of primary amides is 1. The molecule has 0 saturated carbocycles. The van der Waals surface area contributed by atoms with Gasteiger partial charge >= 0.3 is 0 Å². The van der Waals surface area contributed by atoms with Gasteiger partial charge in [0.2, 0.25) is 0 Å². The van der Waals surface area contributed by atoms with E-state index in [-0.39, 0.29) is 18.5 Å². The summed E-state index contributed by atoms with van der Waals surface area (Å²) >= 11 is 0. The first-order valence-corrected chi connectivity index (χ1v) is 11.7. The Labute approximate surface area is 199 Å². The molecule has 1 heterocycles. The number of hydrogen-bond donors (Lipinski definition) is 3. The number of rotatable bonds is 13. The molecule has 0 radical (unpaired) electrons. The van der Waals surface area contributed by atoms with Crippen LogP contribution in [0, 0.1) is 12.7 Å². The number of aromatic nitrogens is 1. The molecule has 0 bridgehead atoms. The number of benzene rings is 2. The summed E-state index contributed by atoms with van der Waals surface area (Å²) in [6, 6.07) is 10.4. The summed E-state index contributed by atoms with van der Waals surface area (Å²) in [5.74, 6) is 0.0711. The van der Waals surface area contributed by atoms with Crippen LogP contribution in [0.2, 0.25) is 0 Å². The highest BCUT2D eigenvalue weighted by molar-refractivity contribution is 6.05. The summed E-state index contributed by atoms with van der Waals surface area (Å²) in [5.41, 5.74) is 9.07. The highest BCUT2D eigenvalue weighted by Gasteiger charge is 2.16. The van der Waals surface area contributed by atoms with E-state index in [1.54, 1.807) is 6.07 Å². The maximum atomic E-state index is 13.4. The monoisotopic (exact) mass is 471 g/mol. The average molecular weight is 472 g/mol. The van der Waals surface area contributed by atoms with Crippen molar-refractivity contribution in [3.63, 3.8) is 0 Å². The molecular formula is C26H34FN3O4. The topological polar surface area (TPSA) is 98.7 Å². The molecule has 1 unspecified atom stereocenters. The fourth-order valence-corrected chi connectivity index (χ4v) is 4.19. The number of ether oxygens (including phenoxy) is 2. The number of aliphatic hydroxyl groups is 1. The van der Waals surface area contributed by atoms with Crippen LogP contribution in [0.15, 0.2) is 36.4 Å². The summed E-state index contributed by atoms with van der Waals surface area (Å²) in [4.78, 5) is 12.2. The molecule has 3 aromatic rings. The molecule has 1 amide bonds. The molecule has 1 atom stereocenters. The summed E-state index contributed by atoms with van der Waals surface area (Å²) in [6.07, 6.45) is 1.31. The molecule has 1 aromatic heterocycles. The van der Waals surface area contributed by atoms with Gasteiger partial charge in [0.25, 0.3) is 5.91 Å². The normalized spacial score (nSPS) is 12.1. The van der Waals surface area contributed by atoms with Gasteiger partial charge in [-0.1, -0.05) is 0 Å². The highest BCUT2D eigenvalue weighted by atomic mass is 19.1. The lowest BCUT2D eigenvalue weighted by molar-refractivity contribution is 0.100. The second-order valence-corrected chi connectivity index (χ2v) is 8.39. The summed E-state index contributed by atoms with van der Waals surface area (Å²) in [5, 5.41) is 13.6. The number of hydrogen-bond acceptors (Lipinski definition) is 5. The third kappa shape index (κ3) is 6.27. The van der Waals surface area contributed by atoms with Crippen LogP contribution in [0.3, 0.4) is 0 Å². The number of nitrogens with zero attached hydrogens (tertiary/aromatic N) is 1. The Morgan fingerprint density at radius 3 is 2.71 bits per heavy atom. The molecule has 8 heteroatoms. The molecule has 0 aliphatic rings. The van der Waals surface area contributed by atoms with E-state index in [0.717, 1.165) is 22.2 Å². The molecule has 3 rings (SSSR count). The first kappa shape index (κ1) is 25.5. The Morgan fingerprint density at radius 1 is 1.21 bits per heavy atom. The van der Waals surface area contributed by atoms with E-state index in [0.29, 0.717) is 56.2 Å². The van der Waals surface area contributed by atoms with Crippen molar-refractivity contribution in [1.82, 2.24) is 9.88 Å². The Kier molecular flexibility index (Phi) is 8.90. The zero-order valence-electron chi connectivity index (χ0n) is 20.1. The smallest absolute Gasteiger partial charge is 0.250 e. The van der Waals surface area contributed by atoms with Crippen LogP contribution >= 0.6 is 0 Å². The second kappa shape index (κ2) is 11.9. The number of nitrogens with one attached hydrogen (secondary N) is 1. The van der Waals surface area contributed by atoms with Crippen LogP contribution in [0.1, 0.15) is 41.9 Å². The van der Waals surface area contributed by atoms with Gasteiger partial charge in [0.05, 0.1) is 17.7 Å². The number of carbonyl (C=O) groups is 1. The average Bonchev–Trinajstić information content (AvgIpc) is 3.10. The lowest BCUT2D eigenvalue weighted by atomic mass is 10.0. The van der Waals surface area contributed by atoms with Gasteiger partial charge in [-0.05, 0) is 69.5 Å². The Morgan fingerprint density at radius 2 is 2.00 bits per heavy atom. The van der Waals surface area contributed by atoms with E-state index in [4.69, 9.17) is 15.2 Å². The van der Waals surface area contributed by atoms with E-state index < -0.39 is 5.91 Å². The number of carbonyl (C=O) groups excluding carboxylic acids is 1. The molecule has 7 nitrogen and oxygen atoms in total. The first-order valence-electron chi connectivity index (χ1n) is 11.7. The van der Waals surface area contributed by atoms with E-state index in [9.17, 15) is 14.3 Å². The second-order valence-electron chi connectivity index (χ2n) is 8.39. The molecule has 2 aromatic carbocycles. The predicted octanol–water partition coefficient (Wildman–Crippen LogP) is 3.57. The molecule has 0 fully saturated rings. The fourth-order valence-electron chi connectivity index (χ4n) is 4.19. The van der Waals surface area contributed by atoms with Crippen molar-refractivity contribution in [2.75, 3.05) is 26.4 Å². The molecule has 184 valence electrons. The number of aryl methyl sites for hydroxylation is 2. The SMILES string of the molecule is CCOc1cc(F)ccc1OCCNC(C)Cc1cc(C(N)=O)c2c(c1)cc(C)n2CCCO. The van der Waals surface area contributed by atoms with E-state index in [1.807, 2.05) is 30.5 Å². The third-order valence-corrected chi connectivity index (χ3v) is 5.66. The minimum Gasteiger partial charge on any atom is -0.490 e. The van der Waals surface area contributed by atoms with E-state index in [1.165, 1.54) is 12.1 Å². The fraction of sp³-hybridized carbons (Fsp3) is 0.423. The lowest BCUT2D eigenvalue weighted by Gasteiger charge is -2.17.